The number of ether oxygens (including phenoxy) is 2. The van der Waals surface area contributed by atoms with Crippen LogP contribution in [0.4, 0.5) is 0 Å². The standard InChI is InChI=1S/C20H21N3O5/c1-12(2)18(20(26)23-21-10-14-5-3-4-6-15(14)24)22-19(25)13-7-8-16-17(9-13)28-11-27-16/h3-10,12,18,24H,11H2,1-2H3,(H,22,25)(H,23,26)/b21-10+. The van der Waals surface area contributed by atoms with Crippen LogP contribution in [0.2, 0.25) is 0 Å². The van der Waals surface area contributed by atoms with Crippen LogP contribution in [-0.4, -0.2) is 36.0 Å². The molecule has 0 bridgehead atoms. The maximum Gasteiger partial charge on any atom is 0.262 e. The summed E-state index contributed by atoms with van der Waals surface area (Å²) in [4.78, 5) is 25.0. The molecule has 1 atom stereocenters. The number of hydrogen-bond acceptors (Lipinski definition) is 6. The summed E-state index contributed by atoms with van der Waals surface area (Å²) in [5, 5.41) is 16.3. The molecule has 0 saturated carbocycles. The quantitative estimate of drug-likeness (QED) is 0.522. The van der Waals surface area contributed by atoms with E-state index in [-0.39, 0.29) is 18.5 Å². The fraction of sp³-hybridized carbons (Fsp3) is 0.250. The smallest absolute Gasteiger partial charge is 0.262 e. The highest BCUT2D eigenvalue weighted by Gasteiger charge is 2.25. The molecule has 0 spiro atoms. The van der Waals surface area contributed by atoms with Gasteiger partial charge in [-0.1, -0.05) is 26.0 Å². The van der Waals surface area contributed by atoms with Gasteiger partial charge in [0.1, 0.15) is 11.8 Å². The zero-order chi connectivity index (χ0) is 20.1. The number of phenolic OH excluding ortho intramolecular Hbond substituents is 1. The van der Waals surface area contributed by atoms with E-state index in [1.54, 1.807) is 36.4 Å². The van der Waals surface area contributed by atoms with Gasteiger partial charge in [-0.25, -0.2) is 5.43 Å². The Morgan fingerprint density at radius 1 is 1.14 bits per heavy atom. The number of aromatic hydroxyl groups is 1. The average molecular weight is 383 g/mol. The molecule has 1 heterocycles. The SMILES string of the molecule is CC(C)C(NC(=O)c1ccc2c(c1)OCO2)C(=O)N/N=C/c1ccccc1O. The molecule has 3 rings (SSSR count). The van der Waals surface area contributed by atoms with Crippen molar-refractivity contribution in [1.82, 2.24) is 10.7 Å². The molecule has 0 saturated heterocycles. The van der Waals surface area contributed by atoms with Crippen molar-refractivity contribution in [2.75, 3.05) is 6.79 Å². The van der Waals surface area contributed by atoms with E-state index in [1.807, 2.05) is 13.8 Å². The number of hydrogen-bond donors (Lipinski definition) is 3. The van der Waals surface area contributed by atoms with E-state index < -0.39 is 17.9 Å². The topological polar surface area (TPSA) is 109 Å². The van der Waals surface area contributed by atoms with Gasteiger partial charge in [-0.15, -0.1) is 0 Å². The second kappa shape index (κ2) is 8.43. The van der Waals surface area contributed by atoms with Gasteiger partial charge in [0.15, 0.2) is 11.5 Å². The molecule has 3 N–H and O–H groups in total. The van der Waals surface area contributed by atoms with Gasteiger partial charge >= 0.3 is 0 Å². The first-order chi connectivity index (χ1) is 13.5. The number of nitrogens with zero attached hydrogens (tertiary/aromatic N) is 1. The molecule has 146 valence electrons. The summed E-state index contributed by atoms with van der Waals surface area (Å²) in [6.07, 6.45) is 1.34. The molecule has 8 nitrogen and oxygen atoms in total. The van der Waals surface area contributed by atoms with Gasteiger partial charge in [0, 0.05) is 11.1 Å². The van der Waals surface area contributed by atoms with Gasteiger partial charge < -0.3 is 19.9 Å². The molecule has 0 radical (unpaired) electrons. The number of nitrogens with one attached hydrogen (secondary N) is 2. The van der Waals surface area contributed by atoms with Gasteiger partial charge in [-0.2, -0.15) is 5.10 Å². The number of amides is 2. The Kier molecular flexibility index (Phi) is 5.78. The molecule has 1 aliphatic heterocycles. The number of rotatable bonds is 6. The Balaban J connectivity index is 1.64. The minimum atomic E-state index is -0.792. The number of phenols is 1. The minimum absolute atomic E-state index is 0.0528. The number of hydrazone groups is 1. The lowest BCUT2D eigenvalue weighted by Crippen LogP contribution is -2.48. The van der Waals surface area contributed by atoms with Crippen LogP contribution in [0, 0.1) is 5.92 Å². The van der Waals surface area contributed by atoms with Crippen LogP contribution in [0.15, 0.2) is 47.6 Å². The summed E-state index contributed by atoms with van der Waals surface area (Å²) in [6.45, 7) is 3.75. The number of fused-ring (bicyclic) bond motifs is 1. The summed E-state index contributed by atoms with van der Waals surface area (Å²) in [5.41, 5.74) is 3.23. The third-order valence-corrected chi connectivity index (χ3v) is 4.19. The van der Waals surface area contributed by atoms with Gasteiger partial charge in [0.2, 0.25) is 6.79 Å². The van der Waals surface area contributed by atoms with E-state index in [0.29, 0.717) is 22.6 Å². The molecular weight excluding hydrogens is 362 g/mol. The Hall–Kier alpha value is -3.55. The van der Waals surface area contributed by atoms with Gasteiger partial charge in [0.05, 0.1) is 6.21 Å². The van der Waals surface area contributed by atoms with Crippen LogP contribution in [0.25, 0.3) is 0 Å². The predicted octanol–water partition coefficient (Wildman–Crippen LogP) is 2.03. The van der Waals surface area contributed by atoms with Crippen molar-refractivity contribution >= 4 is 18.0 Å². The summed E-state index contributed by atoms with van der Waals surface area (Å²) < 4.78 is 10.5. The van der Waals surface area contributed by atoms with Crippen molar-refractivity contribution in [3.8, 4) is 17.2 Å². The van der Waals surface area contributed by atoms with Gasteiger partial charge in [-0.05, 0) is 36.2 Å². The molecule has 2 amide bonds. The normalized spacial score (nSPS) is 13.5. The summed E-state index contributed by atoms with van der Waals surface area (Å²) in [5.74, 6) is 0.0848. The molecule has 0 fully saturated rings. The second-order valence-electron chi connectivity index (χ2n) is 6.56. The summed E-state index contributed by atoms with van der Waals surface area (Å²) in [7, 11) is 0. The molecule has 0 aliphatic carbocycles. The van der Waals surface area contributed by atoms with Crippen molar-refractivity contribution in [2.24, 2.45) is 11.0 Å². The highest BCUT2D eigenvalue weighted by atomic mass is 16.7. The highest BCUT2D eigenvalue weighted by Crippen LogP contribution is 2.32. The maximum atomic E-state index is 12.5. The molecule has 1 unspecified atom stereocenters. The lowest BCUT2D eigenvalue weighted by molar-refractivity contribution is -0.123. The van der Waals surface area contributed by atoms with E-state index in [1.165, 1.54) is 12.3 Å². The molecule has 8 heteroatoms. The van der Waals surface area contributed by atoms with Crippen molar-refractivity contribution in [2.45, 2.75) is 19.9 Å². The van der Waals surface area contributed by atoms with Crippen LogP contribution < -0.4 is 20.2 Å². The van der Waals surface area contributed by atoms with Crippen LogP contribution in [0.3, 0.4) is 0 Å². The minimum Gasteiger partial charge on any atom is -0.507 e. The third kappa shape index (κ3) is 4.40. The van der Waals surface area contributed by atoms with E-state index >= 15 is 0 Å². The lowest BCUT2D eigenvalue weighted by Gasteiger charge is -2.20. The van der Waals surface area contributed by atoms with Crippen LogP contribution in [0.5, 0.6) is 17.2 Å². The average Bonchev–Trinajstić information content (AvgIpc) is 3.14. The molecular formula is C20H21N3O5. The van der Waals surface area contributed by atoms with E-state index in [9.17, 15) is 14.7 Å². The third-order valence-electron chi connectivity index (χ3n) is 4.19. The van der Waals surface area contributed by atoms with E-state index in [4.69, 9.17) is 9.47 Å². The molecule has 2 aromatic rings. The van der Waals surface area contributed by atoms with Gasteiger partial charge in [0.25, 0.3) is 11.8 Å². The number of carbonyl (C=O) groups excluding carboxylic acids is 2. The van der Waals surface area contributed by atoms with Crippen molar-refractivity contribution in [3.05, 3.63) is 53.6 Å². The Bertz CT molecular complexity index is 910. The van der Waals surface area contributed by atoms with Crippen molar-refractivity contribution in [3.63, 3.8) is 0 Å². The lowest BCUT2D eigenvalue weighted by atomic mass is 10.0. The largest absolute Gasteiger partial charge is 0.507 e. The summed E-state index contributed by atoms with van der Waals surface area (Å²) >= 11 is 0. The first-order valence-electron chi connectivity index (χ1n) is 8.77. The summed E-state index contributed by atoms with van der Waals surface area (Å²) in [6, 6.07) is 10.6. The zero-order valence-corrected chi connectivity index (χ0v) is 15.5. The predicted molar refractivity (Wildman–Crippen MR) is 103 cm³/mol. The van der Waals surface area contributed by atoms with Crippen molar-refractivity contribution < 1.29 is 24.2 Å². The number of benzene rings is 2. The Morgan fingerprint density at radius 3 is 2.64 bits per heavy atom. The first kappa shape index (κ1) is 19.2. The monoisotopic (exact) mass is 383 g/mol. The van der Waals surface area contributed by atoms with Crippen LogP contribution in [-0.2, 0) is 4.79 Å². The Labute approximate surface area is 162 Å². The molecule has 28 heavy (non-hydrogen) atoms. The van der Waals surface area contributed by atoms with Crippen LogP contribution in [0.1, 0.15) is 29.8 Å². The fourth-order valence-electron chi connectivity index (χ4n) is 2.63. The van der Waals surface area contributed by atoms with Crippen molar-refractivity contribution in [1.29, 1.82) is 0 Å². The Morgan fingerprint density at radius 2 is 1.89 bits per heavy atom. The zero-order valence-electron chi connectivity index (χ0n) is 15.5. The second-order valence-corrected chi connectivity index (χ2v) is 6.56. The maximum absolute atomic E-state index is 12.5. The first-order valence-corrected chi connectivity index (χ1v) is 8.77. The molecule has 0 aromatic heterocycles. The number of para-hydroxylation sites is 1. The van der Waals surface area contributed by atoms with E-state index in [0.717, 1.165) is 0 Å². The molecule has 2 aromatic carbocycles. The van der Waals surface area contributed by atoms with E-state index in [2.05, 4.69) is 15.8 Å². The fourth-order valence-corrected chi connectivity index (χ4v) is 2.63. The molecule has 1 aliphatic rings. The van der Waals surface area contributed by atoms with Gasteiger partial charge in [-0.3, -0.25) is 9.59 Å². The number of carbonyl (C=O) groups is 2. The highest BCUT2D eigenvalue weighted by molar-refractivity contribution is 5.98. The van der Waals surface area contributed by atoms with Crippen LogP contribution >= 0.6 is 0 Å².